The van der Waals surface area contributed by atoms with Gasteiger partial charge in [-0.25, -0.2) is 4.39 Å². The second-order valence-corrected chi connectivity index (χ2v) is 6.28. The van der Waals surface area contributed by atoms with Crippen LogP contribution in [0.5, 0.6) is 0 Å². The van der Waals surface area contributed by atoms with Crippen LogP contribution in [0.3, 0.4) is 0 Å². The quantitative estimate of drug-likeness (QED) is 0.641. The van der Waals surface area contributed by atoms with Gasteiger partial charge in [-0.15, -0.1) is 0 Å². The van der Waals surface area contributed by atoms with E-state index in [4.69, 9.17) is 11.6 Å². The molecule has 0 heterocycles. The first-order valence-corrected chi connectivity index (χ1v) is 7.60. The Morgan fingerprint density at radius 3 is 2.47 bits per heavy atom. The van der Waals surface area contributed by atoms with Gasteiger partial charge >= 0.3 is 0 Å². The summed E-state index contributed by atoms with van der Waals surface area (Å²) in [6.45, 7) is 2.01. The lowest BCUT2D eigenvalue weighted by molar-refractivity contribution is 0.625. The van der Waals surface area contributed by atoms with Gasteiger partial charge < -0.3 is 5.32 Å². The number of anilines is 1. The molecule has 0 aliphatic heterocycles. The molecule has 100 valence electrons. The zero-order valence-electron chi connectivity index (χ0n) is 10.1. The van der Waals surface area contributed by atoms with Crippen LogP contribution >= 0.6 is 43.5 Å². The average molecular weight is 408 g/mol. The summed E-state index contributed by atoms with van der Waals surface area (Å²) in [5.41, 5.74) is 1.90. The van der Waals surface area contributed by atoms with Gasteiger partial charge in [0.25, 0.3) is 0 Å². The van der Waals surface area contributed by atoms with Crippen LogP contribution in [0.15, 0.2) is 45.3 Å². The zero-order valence-corrected chi connectivity index (χ0v) is 14.0. The lowest BCUT2D eigenvalue weighted by Crippen LogP contribution is -2.07. The molecule has 19 heavy (non-hydrogen) atoms. The van der Waals surface area contributed by atoms with Gasteiger partial charge in [0.15, 0.2) is 0 Å². The average Bonchev–Trinajstić information content (AvgIpc) is 2.33. The van der Waals surface area contributed by atoms with Gasteiger partial charge in [0, 0.05) is 20.7 Å². The standard InChI is InChI=1S/C14H11Br2ClFN/c1-8(11-4-2-9(18)6-13(11)16)19-10-3-5-12(15)14(17)7-10/h2-8,19H,1H3. The molecule has 2 aromatic carbocycles. The summed E-state index contributed by atoms with van der Waals surface area (Å²) in [4.78, 5) is 0. The van der Waals surface area contributed by atoms with E-state index >= 15 is 0 Å². The molecule has 1 N–H and O–H groups in total. The molecule has 0 saturated heterocycles. The van der Waals surface area contributed by atoms with Crippen LogP contribution in [0.1, 0.15) is 18.5 Å². The highest BCUT2D eigenvalue weighted by atomic mass is 79.9. The van der Waals surface area contributed by atoms with Crippen LogP contribution < -0.4 is 5.32 Å². The van der Waals surface area contributed by atoms with Gasteiger partial charge in [-0.1, -0.05) is 33.6 Å². The topological polar surface area (TPSA) is 12.0 Å². The van der Waals surface area contributed by atoms with Crippen LogP contribution in [-0.2, 0) is 0 Å². The maximum absolute atomic E-state index is 13.1. The Morgan fingerprint density at radius 1 is 1.11 bits per heavy atom. The fraction of sp³-hybridized carbons (Fsp3) is 0.143. The molecule has 5 heteroatoms. The van der Waals surface area contributed by atoms with Crippen LogP contribution in [-0.4, -0.2) is 0 Å². The Kier molecular flexibility index (Phi) is 4.87. The smallest absolute Gasteiger partial charge is 0.124 e. The molecule has 0 spiro atoms. The van der Waals surface area contributed by atoms with Crippen molar-refractivity contribution in [1.82, 2.24) is 0 Å². The molecular weight excluding hydrogens is 396 g/mol. The third-order valence-corrected chi connectivity index (χ3v) is 4.65. The van der Waals surface area contributed by atoms with Crippen LogP contribution in [0.25, 0.3) is 0 Å². The number of benzene rings is 2. The minimum atomic E-state index is -0.255. The molecule has 0 radical (unpaired) electrons. The van der Waals surface area contributed by atoms with E-state index in [-0.39, 0.29) is 11.9 Å². The maximum atomic E-state index is 13.1. The molecule has 0 aromatic heterocycles. The molecule has 1 unspecified atom stereocenters. The summed E-state index contributed by atoms with van der Waals surface area (Å²) >= 11 is 12.8. The Hall–Kier alpha value is -0.580. The first kappa shape index (κ1) is 14.8. The van der Waals surface area contributed by atoms with Crippen LogP contribution in [0, 0.1) is 5.82 Å². The first-order chi connectivity index (χ1) is 8.97. The van der Waals surface area contributed by atoms with Gasteiger partial charge in [0.2, 0.25) is 0 Å². The number of hydrogen-bond acceptors (Lipinski definition) is 1. The molecule has 0 saturated carbocycles. The molecule has 2 rings (SSSR count). The number of nitrogens with one attached hydrogen (secondary N) is 1. The van der Waals surface area contributed by atoms with Crippen molar-refractivity contribution >= 4 is 49.1 Å². The van der Waals surface area contributed by atoms with Gasteiger partial charge in [-0.3, -0.25) is 0 Å². The van der Waals surface area contributed by atoms with Crippen molar-refractivity contribution in [2.24, 2.45) is 0 Å². The third-order valence-electron chi connectivity index (χ3n) is 2.73. The number of rotatable bonds is 3. The predicted molar refractivity (Wildman–Crippen MR) is 85.3 cm³/mol. The number of hydrogen-bond donors (Lipinski definition) is 1. The zero-order chi connectivity index (χ0) is 14.0. The summed E-state index contributed by atoms with van der Waals surface area (Å²) in [5, 5.41) is 3.98. The van der Waals surface area contributed by atoms with E-state index in [0.717, 1.165) is 20.2 Å². The van der Waals surface area contributed by atoms with E-state index in [1.54, 1.807) is 6.07 Å². The Morgan fingerprint density at radius 2 is 1.84 bits per heavy atom. The molecule has 1 nitrogen and oxygen atoms in total. The molecule has 1 atom stereocenters. The van der Waals surface area contributed by atoms with Gasteiger partial charge in [-0.2, -0.15) is 0 Å². The van der Waals surface area contributed by atoms with E-state index in [1.807, 2.05) is 25.1 Å². The Bertz CT molecular complexity index is 604. The van der Waals surface area contributed by atoms with E-state index in [1.165, 1.54) is 12.1 Å². The molecular formula is C14H11Br2ClFN. The number of halogens is 4. The van der Waals surface area contributed by atoms with E-state index in [0.29, 0.717) is 5.02 Å². The normalized spacial score (nSPS) is 12.3. The Balaban J connectivity index is 2.20. The molecule has 0 amide bonds. The molecule has 0 bridgehead atoms. The van der Waals surface area contributed by atoms with Crippen molar-refractivity contribution in [2.75, 3.05) is 5.32 Å². The van der Waals surface area contributed by atoms with E-state index in [9.17, 15) is 4.39 Å². The SMILES string of the molecule is CC(Nc1ccc(Br)c(Cl)c1)c1ccc(F)cc1Br. The van der Waals surface area contributed by atoms with Gasteiger partial charge in [-0.05, 0) is 58.7 Å². The second-order valence-electron chi connectivity index (χ2n) is 4.16. The summed E-state index contributed by atoms with van der Waals surface area (Å²) < 4.78 is 14.7. The predicted octanol–water partition coefficient (Wildman–Crippen LogP) is 6.18. The fourth-order valence-electron chi connectivity index (χ4n) is 1.77. The van der Waals surface area contributed by atoms with Crippen molar-refractivity contribution in [3.05, 3.63) is 61.7 Å². The lowest BCUT2D eigenvalue weighted by atomic mass is 10.1. The van der Waals surface area contributed by atoms with Gasteiger partial charge in [0.1, 0.15) is 5.82 Å². The Labute approximate surface area is 133 Å². The summed E-state index contributed by atoms with van der Waals surface area (Å²) in [7, 11) is 0. The molecule has 0 aliphatic rings. The van der Waals surface area contributed by atoms with Crippen LogP contribution in [0.2, 0.25) is 5.02 Å². The molecule has 2 aromatic rings. The monoisotopic (exact) mass is 405 g/mol. The highest BCUT2D eigenvalue weighted by Gasteiger charge is 2.10. The molecule has 0 fully saturated rings. The van der Waals surface area contributed by atoms with Crippen molar-refractivity contribution in [2.45, 2.75) is 13.0 Å². The van der Waals surface area contributed by atoms with Crippen molar-refractivity contribution in [3.8, 4) is 0 Å². The summed E-state index contributed by atoms with van der Waals surface area (Å²) in [6, 6.07) is 10.4. The summed E-state index contributed by atoms with van der Waals surface area (Å²) in [6.07, 6.45) is 0. The minimum Gasteiger partial charge on any atom is -0.378 e. The fourth-order valence-corrected chi connectivity index (χ4v) is 2.89. The van der Waals surface area contributed by atoms with Crippen molar-refractivity contribution < 1.29 is 4.39 Å². The summed E-state index contributed by atoms with van der Waals surface area (Å²) in [5.74, 6) is -0.255. The maximum Gasteiger partial charge on any atom is 0.124 e. The van der Waals surface area contributed by atoms with E-state index in [2.05, 4.69) is 37.2 Å². The molecule has 0 aliphatic carbocycles. The van der Waals surface area contributed by atoms with E-state index < -0.39 is 0 Å². The largest absolute Gasteiger partial charge is 0.378 e. The van der Waals surface area contributed by atoms with Crippen molar-refractivity contribution in [1.29, 1.82) is 0 Å². The first-order valence-electron chi connectivity index (χ1n) is 5.64. The van der Waals surface area contributed by atoms with Crippen LogP contribution in [0.4, 0.5) is 10.1 Å². The van der Waals surface area contributed by atoms with Gasteiger partial charge in [0.05, 0.1) is 5.02 Å². The van der Waals surface area contributed by atoms with Crippen molar-refractivity contribution in [3.63, 3.8) is 0 Å². The minimum absolute atomic E-state index is 0.0345. The lowest BCUT2D eigenvalue weighted by Gasteiger charge is -2.17. The highest BCUT2D eigenvalue weighted by Crippen LogP contribution is 2.30. The third kappa shape index (κ3) is 3.71. The second kappa shape index (κ2) is 6.25. The highest BCUT2D eigenvalue weighted by molar-refractivity contribution is 9.10.